The first kappa shape index (κ1) is 16.8. The second kappa shape index (κ2) is 6.92. The van der Waals surface area contributed by atoms with Gasteiger partial charge in [0.15, 0.2) is 5.82 Å². The molecule has 0 aliphatic heterocycles. The molecule has 6 nitrogen and oxygen atoms in total. The Hall–Kier alpha value is -3.67. The fraction of sp³-hybridized carbons (Fsp3) is 0.0952. The summed E-state index contributed by atoms with van der Waals surface area (Å²) in [5, 5.41) is 18.2. The van der Waals surface area contributed by atoms with E-state index in [4.69, 9.17) is 9.72 Å². The van der Waals surface area contributed by atoms with E-state index in [0.717, 1.165) is 28.2 Å². The first-order valence-electron chi connectivity index (χ1n) is 8.48. The summed E-state index contributed by atoms with van der Waals surface area (Å²) in [6.45, 7) is 2.03. The van der Waals surface area contributed by atoms with Crippen LogP contribution in [0.2, 0.25) is 0 Å². The van der Waals surface area contributed by atoms with Gasteiger partial charge in [0, 0.05) is 11.8 Å². The number of fused-ring (bicyclic) bond motifs is 1. The van der Waals surface area contributed by atoms with E-state index in [1.807, 2.05) is 53.9 Å². The normalized spacial score (nSPS) is 11.3. The molecule has 0 fully saturated rings. The molecule has 0 aliphatic rings. The summed E-state index contributed by atoms with van der Waals surface area (Å²) < 4.78 is 7.25. The fourth-order valence-corrected chi connectivity index (χ4v) is 2.82. The number of methoxy groups -OCH3 is 1. The molecule has 0 radical (unpaired) electrons. The molecule has 2 aromatic carbocycles. The quantitative estimate of drug-likeness (QED) is 0.494. The zero-order chi connectivity index (χ0) is 18.8. The van der Waals surface area contributed by atoms with E-state index in [2.05, 4.69) is 10.2 Å². The number of aromatic nitrogens is 2. The van der Waals surface area contributed by atoms with Crippen molar-refractivity contribution in [3.63, 3.8) is 0 Å². The second-order valence-corrected chi connectivity index (χ2v) is 6.16. The van der Waals surface area contributed by atoms with Gasteiger partial charge in [0.2, 0.25) is 0 Å². The molecular weight excluding hydrogens is 340 g/mol. The summed E-state index contributed by atoms with van der Waals surface area (Å²) >= 11 is 0. The zero-order valence-corrected chi connectivity index (χ0v) is 15.0. The highest BCUT2D eigenvalue weighted by molar-refractivity contribution is 5.75. The molecule has 2 heterocycles. The number of phenols is 1. The smallest absolute Gasteiger partial charge is 0.187 e. The highest BCUT2D eigenvalue weighted by atomic mass is 16.5. The number of aromatic hydroxyl groups is 1. The first-order chi connectivity index (χ1) is 13.1. The van der Waals surface area contributed by atoms with Crippen molar-refractivity contribution < 1.29 is 9.84 Å². The van der Waals surface area contributed by atoms with Gasteiger partial charge in [-0.2, -0.15) is 0 Å². The molecule has 134 valence electrons. The maximum Gasteiger partial charge on any atom is 0.187 e. The number of imidazole rings is 1. The van der Waals surface area contributed by atoms with Crippen molar-refractivity contribution >= 4 is 17.2 Å². The summed E-state index contributed by atoms with van der Waals surface area (Å²) in [5.41, 5.74) is 4.18. The molecule has 0 aliphatic carbocycles. The Balaban J connectivity index is 1.87. The maximum absolute atomic E-state index is 9.42. The standard InChI is InChI=1S/C21H18N4O2/c1-14-10-11-25-19(12-14)22-20(15-4-3-5-18(13-15)27-2)21(25)24-23-16-6-8-17(26)9-7-16/h3-13,26H,1-2H3. The lowest BCUT2D eigenvalue weighted by Gasteiger charge is -2.03. The van der Waals surface area contributed by atoms with Crippen molar-refractivity contribution in [1.29, 1.82) is 0 Å². The van der Waals surface area contributed by atoms with Gasteiger partial charge in [-0.15, -0.1) is 10.2 Å². The van der Waals surface area contributed by atoms with E-state index in [0.29, 0.717) is 11.5 Å². The molecule has 0 saturated heterocycles. The van der Waals surface area contributed by atoms with Crippen LogP contribution in [0, 0.1) is 6.92 Å². The Morgan fingerprint density at radius 1 is 1.00 bits per heavy atom. The predicted octanol–water partition coefficient (Wildman–Crippen LogP) is 5.44. The third-order valence-corrected chi connectivity index (χ3v) is 4.21. The van der Waals surface area contributed by atoms with Gasteiger partial charge in [-0.3, -0.25) is 4.40 Å². The Kier molecular flexibility index (Phi) is 4.30. The third-order valence-electron chi connectivity index (χ3n) is 4.21. The Labute approximate surface area is 156 Å². The van der Waals surface area contributed by atoms with Crippen LogP contribution < -0.4 is 4.74 Å². The van der Waals surface area contributed by atoms with Crippen LogP contribution in [0.4, 0.5) is 11.5 Å². The summed E-state index contributed by atoms with van der Waals surface area (Å²) in [6.07, 6.45) is 1.94. The van der Waals surface area contributed by atoms with Crippen LogP contribution in [0.3, 0.4) is 0 Å². The van der Waals surface area contributed by atoms with Gasteiger partial charge in [0.1, 0.15) is 22.8 Å². The number of nitrogens with zero attached hydrogens (tertiary/aromatic N) is 4. The topological polar surface area (TPSA) is 71.5 Å². The van der Waals surface area contributed by atoms with Crippen LogP contribution in [0.15, 0.2) is 77.1 Å². The lowest BCUT2D eigenvalue weighted by Crippen LogP contribution is -1.85. The zero-order valence-electron chi connectivity index (χ0n) is 15.0. The summed E-state index contributed by atoms with van der Waals surface area (Å²) in [4.78, 5) is 4.76. The van der Waals surface area contributed by atoms with Gasteiger partial charge in [-0.05, 0) is 61.0 Å². The molecule has 0 atom stereocenters. The Morgan fingerprint density at radius 2 is 1.81 bits per heavy atom. The number of ether oxygens (including phenoxy) is 1. The highest BCUT2D eigenvalue weighted by Crippen LogP contribution is 2.34. The molecule has 0 saturated carbocycles. The van der Waals surface area contributed by atoms with Crippen molar-refractivity contribution in [2.24, 2.45) is 10.2 Å². The molecule has 27 heavy (non-hydrogen) atoms. The molecule has 2 aromatic heterocycles. The van der Waals surface area contributed by atoms with E-state index in [-0.39, 0.29) is 5.75 Å². The van der Waals surface area contributed by atoms with Gasteiger partial charge in [-0.1, -0.05) is 12.1 Å². The van der Waals surface area contributed by atoms with Crippen molar-refractivity contribution in [3.8, 4) is 22.8 Å². The monoisotopic (exact) mass is 358 g/mol. The van der Waals surface area contributed by atoms with Crippen molar-refractivity contribution in [2.75, 3.05) is 7.11 Å². The van der Waals surface area contributed by atoms with Crippen LogP contribution in [-0.4, -0.2) is 21.6 Å². The minimum atomic E-state index is 0.191. The van der Waals surface area contributed by atoms with Gasteiger partial charge in [0.05, 0.1) is 12.8 Å². The van der Waals surface area contributed by atoms with Crippen LogP contribution in [0.25, 0.3) is 16.9 Å². The summed E-state index contributed by atoms with van der Waals surface area (Å²) in [6, 6.07) is 18.3. The average Bonchev–Trinajstić information content (AvgIpc) is 3.05. The molecule has 1 N–H and O–H groups in total. The third kappa shape index (κ3) is 3.37. The molecule has 6 heteroatoms. The molecule has 0 amide bonds. The number of hydrogen-bond acceptors (Lipinski definition) is 5. The fourth-order valence-electron chi connectivity index (χ4n) is 2.82. The number of rotatable bonds is 4. The molecular formula is C21H18N4O2. The van der Waals surface area contributed by atoms with Crippen LogP contribution in [0.1, 0.15) is 5.56 Å². The van der Waals surface area contributed by atoms with Crippen molar-refractivity contribution in [2.45, 2.75) is 6.92 Å². The molecule has 4 aromatic rings. The van der Waals surface area contributed by atoms with E-state index in [1.165, 1.54) is 0 Å². The van der Waals surface area contributed by atoms with Gasteiger partial charge in [0.25, 0.3) is 0 Å². The lowest BCUT2D eigenvalue weighted by molar-refractivity contribution is 0.415. The summed E-state index contributed by atoms with van der Waals surface area (Å²) in [5.74, 6) is 1.57. The number of aryl methyl sites for hydroxylation is 1. The lowest BCUT2D eigenvalue weighted by atomic mass is 10.1. The molecule has 4 rings (SSSR count). The van der Waals surface area contributed by atoms with Crippen molar-refractivity contribution in [3.05, 3.63) is 72.4 Å². The van der Waals surface area contributed by atoms with Crippen LogP contribution in [-0.2, 0) is 0 Å². The number of azo groups is 1. The maximum atomic E-state index is 9.42. The number of hydrogen-bond donors (Lipinski definition) is 1. The molecule has 0 bridgehead atoms. The SMILES string of the molecule is COc1cccc(-c2nc3cc(C)ccn3c2N=Nc2ccc(O)cc2)c1. The summed E-state index contributed by atoms with van der Waals surface area (Å²) in [7, 11) is 1.64. The van der Waals surface area contributed by atoms with Crippen molar-refractivity contribution in [1.82, 2.24) is 9.38 Å². The first-order valence-corrected chi connectivity index (χ1v) is 8.48. The minimum Gasteiger partial charge on any atom is -0.508 e. The second-order valence-electron chi connectivity index (χ2n) is 6.16. The Morgan fingerprint density at radius 3 is 2.59 bits per heavy atom. The van der Waals surface area contributed by atoms with E-state index in [1.54, 1.807) is 31.4 Å². The number of phenolic OH excluding ortho intramolecular Hbond substituents is 1. The van der Waals surface area contributed by atoms with Gasteiger partial charge >= 0.3 is 0 Å². The van der Waals surface area contributed by atoms with E-state index < -0.39 is 0 Å². The van der Waals surface area contributed by atoms with E-state index >= 15 is 0 Å². The van der Waals surface area contributed by atoms with Crippen LogP contribution in [0.5, 0.6) is 11.5 Å². The number of benzene rings is 2. The predicted molar refractivity (Wildman–Crippen MR) is 104 cm³/mol. The minimum absolute atomic E-state index is 0.191. The largest absolute Gasteiger partial charge is 0.508 e. The average molecular weight is 358 g/mol. The van der Waals surface area contributed by atoms with Crippen LogP contribution >= 0.6 is 0 Å². The number of pyridine rings is 1. The molecule has 0 spiro atoms. The molecule has 0 unspecified atom stereocenters. The van der Waals surface area contributed by atoms with E-state index in [9.17, 15) is 5.11 Å². The van der Waals surface area contributed by atoms with Gasteiger partial charge < -0.3 is 9.84 Å². The highest BCUT2D eigenvalue weighted by Gasteiger charge is 2.15. The Bertz CT molecular complexity index is 1130. The van der Waals surface area contributed by atoms with Gasteiger partial charge in [-0.25, -0.2) is 4.98 Å².